The van der Waals surface area contributed by atoms with Crippen molar-refractivity contribution in [2.45, 2.75) is 30.8 Å². The molecule has 210 valence electrons. The molecular formula is C30H33N3O6S. The number of para-hydroxylation sites is 2. The minimum atomic E-state index is -3.33. The molecule has 1 atom stereocenters. The SMILES string of the molecule is COc1ccccc1CN(CC(Cc1c[nH]c2ccccc12)NC(=O)COc1ccc(S(C)(=O)=O)cc1)C(C)=O. The molecule has 40 heavy (non-hydrogen) atoms. The molecule has 0 radical (unpaired) electrons. The van der Waals surface area contributed by atoms with Crippen LogP contribution >= 0.6 is 0 Å². The molecule has 0 fully saturated rings. The molecule has 0 bridgehead atoms. The summed E-state index contributed by atoms with van der Waals surface area (Å²) in [4.78, 5) is 30.8. The van der Waals surface area contributed by atoms with Crippen LogP contribution in [0.2, 0.25) is 0 Å². The van der Waals surface area contributed by atoms with E-state index in [4.69, 9.17) is 9.47 Å². The summed E-state index contributed by atoms with van der Waals surface area (Å²) in [5, 5.41) is 4.07. The average molecular weight is 564 g/mol. The summed E-state index contributed by atoms with van der Waals surface area (Å²) in [6.07, 6.45) is 3.53. The highest BCUT2D eigenvalue weighted by Crippen LogP contribution is 2.22. The minimum absolute atomic E-state index is 0.133. The molecule has 4 rings (SSSR count). The van der Waals surface area contributed by atoms with Gasteiger partial charge in [-0.3, -0.25) is 9.59 Å². The Hall–Kier alpha value is -4.31. The standard InChI is InChI=1S/C30H33N3O6S/c1-21(34)33(18-22-8-4-7-11-29(22)38-2)19-24(16-23-17-31-28-10-6-5-9-27(23)28)32-30(35)20-39-25-12-14-26(15-13-25)40(3,36)37/h4-15,17,24,31H,16,18-20H2,1-3H3,(H,32,35). The maximum atomic E-state index is 13.0. The number of H-pyrrole nitrogens is 1. The van der Waals surface area contributed by atoms with Gasteiger partial charge in [0.2, 0.25) is 5.91 Å². The fourth-order valence-corrected chi connectivity index (χ4v) is 5.17. The number of nitrogens with one attached hydrogen (secondary N) is 2. The Kier molecular flexibility index (Phi) is 9.11. The van der Waals surface area contributed by atoms with Gasteiger partial charge >= 0.3 is 0 Å². The van der Waals surface area contributed by atoms with Crippen molar-refractivity contribution in [1.29, 1.82) is 0 Å². The van der Waals surface area contributed by atoms with Crippen molar-refractivity contribution in [3.05, 3.63) is 90.1 Å². The molecule has 2 amide bonds. The molecule has 1 aromatic heterocycles. The predicted molar refractivity (Wildman–Crippen MR) is 153 cm³/mol. The van der Waals surface area contributed by atoms with E-state index in [1.54, 1.807) is 12.0 Å². The smallest absolute Gasteiger partial charge is 0.258 e. The first kappa shape index (κ1) is 28.7. The number of amides is 2. The number of ether oxygens (including phenoxy) is 2. The maximum absolute atomic E-state index is 13.0. The molecular weight excluding hydrogens is 530 g/mol. The lowest BCUT2D eigenvalue weighted by molar-refractivity contribution is -0.131. The van der Waals surface area contributed by atoms with Crippen LogP contribution in [0.4, 0.5) is 0 Å². The van der Waals surface area contributed by atoms with Crippen LogP contribution in [0.5, 0.6) is 11.5 Å². The van der Waals surface area contributed by atoms with Gasteiger partial charge in [0.25, 0.3) is 5.91 Å². The first-order chi connectivity index (χ1) is 19.1. The van der Waals surface area contributed by atoms with Gasteiger partial charge in [0.15, 0.2) is 16.4 Å². The van der Waals surface area contributed by atoms with Gasteiger partial charge in [-0.25, -0.2) is 8.42 Å². The molecule has 0 saturated heterocycles. The normalized spacial score (nSPS) is 12.1. The molecule has 9 nitrogen and oxygen atoms in total. The number of benzene rings is 3. The van der Waals surface area contributed by atoms with Gasteiger partial charge in [-0.05, 0) is 48.4 Å². The molecule has 1 unspecified atom stereocenters. The summed E-state index contributed by atoms with van der Waals surface area (Å²) in [5.74, 6) is 0.558. The number of nitrogens with zero attached hydrogens (tertiary/aromatic N) is 1. The van der Waals surface area contributed by atoms with Gasteiger partial charge in [-0.15, -0.1) is 0 Å². The molecule has 0 spiro atoms. The van der Waals surface area contributed by atoms with Crippen LogP contribution in [0.3, 0.4) is 0 Å². The van der Waals surface area contributed by atoms with Crippen molar-refractivity contribution in [3.63, 3.8) is 0 Å². The molecule has 4 aromatic rings. The molecule has 1 heterocycles. The maximum Gasteiger partial charge on any atom is 0.258 e. The van der Waals surface area contributed by atoms with E-state index in [-0.39, 0.29) is 29.9 Å². The van der Waals surface area contributed by atoms with Crippen LogP contribution < -0.4 is 14.8 Å². The zero-order chi connectivity index (χ0) is 28.7. The number of aromatic amines is 1. The number of rotatable bonds is 12. The minimum Gasteiger partial charge on any atom is -0.496 e. The number of hydrogen-bond acceptors (Lipinski definition) is 6. The molecule has 3 aromatic carbocycles. The summed E-state index contributed by atoms with van der Waals surface area (Å²) in [7, 11) is -1.74. The summed E-state index contributed by atoms with van der Waals surface area (Å²) < 4.78 is 34.5. The van der Waals surface area contributed by atoms with E-state index in [0.717, 1.165) is 28.3 Å². The Labute approximate surface area is 234 Å². The van der Waals surface area contributed by atoms with Gasteiger partial charge in [0.1, 0.15) is 11.5 Å². The highest BCUT2D eigenvalue weighted by molar-refractivity contribution is 7.90. The van der Waals surface area contributed by atoms with Crippen LogP contribution in [0.25, 0.3) is 10.9 Å². The highest BCUT2D eigenvalue weighted by Gasteiger charge is 2.22. The van der Waals surface area contributed by atoms with Gasteiger partial charge in [-0.1, -0.05) is 36.4 Å². The van der Waals surface area contributed by atoms with Crippen LogP contribution in [0.1, 0.15) is 18.1 Å². The third-order valence-corrected chi connectivity index (χ3v) is 7.70. The van der Waals surface area contributed by atoms with Crippen molar-refractivity contribution in [3.8, 4) is 11.5 Å². The lowest BCUT2D eigenvalue weighted by Gasteiger charge is -2.28. The monoisotopic (exact) mass is 563 g/mol. The quantitative estimate of drug-likeness (QED) is 0.271. The fourth-order valence-electron chi connectivity index (χ4n) is 4.54. The Morgan fingerprint density at radius 3 is 2.38 bits per heavy atom. The van der Waals surface area contributed by atoms with Crippen molar-refractivity contribution < 1.29 is 27.5 Å². The lowest BCUT2D eigenvalue weighted by atomic mass is 10.0. The number of aromatic nitrogens is 1. The third kappa shape index (κ3) is 7.41. The number of sulfone groups is 1. The molecule has 0 aliphatic rings. The Morgan fingerprint density at radius 2 is 1.68 bits per heavy atom. The van der Waals surface area contributed by atoms with Gasteiger partial charge in [0, 0.05) is 48.9 Å². The van der Waals surface area contributed by atoms with E-state index in [9.17, 15) is 18.0 Å². The zero-order valence-corrected chi connectivity index (χ0v) is 23.5. The molecule has 0 aliphatic carbocycles. The summed E-state index contributed by atoms with van der Waals surface area (Å²) in [5.41, 5.74) is 2.86. The van der Waals surface area contributed by atoms with Crippen LogP contribution in [-0.2, 0) is 32.4 Å². The molecule has 0 saturated carbocycles. The van der Waals surface area contributed by atoms with Gasteiger partial charge < -0.3 is 24.7 Å². The van der Waals surface area contributed by atoms with E-state index in [1.807, 2.05) is 54.7 Å². The van der Waals surface area contributed by atoms with Crippen molar-refractivity contribution in [2.24, 2.45) is 0 Å². The number of methoxy groups -OCH3 is 1. The topological polar surface area (TPSA) is 118 Å². The van der Waals surface area contributed by atoms with Crippen LogP contribution in [0.15, 0.2) is 83.9 Å². The second-order valence-electron chi connectivity index (χ2n) is 9.57. The van der Waals surface area contributed by atoms with Crippen LogP contribution in [-0.4, -0.2) is 62.7 Å². The molecule has 2 N–H and O–H groups in total. The second kappa shape index (κ2) is 12.7. The summed E-state index contributed by atoms with van der Waals surface area (Å²) in [6.45, 7) is 1.82. The van der Waals surface area contributed by atoms with Gasteiger partial charge in [-0.2, -0.15) is 0 Å². The number of fused-ring (bicyclic) bond motifs is 1. The fraction of sp³-hybridized carbons (Fsp3) is 0.267. The first-order valence-electron chi connectivity index (χ1n) is 12.8. The Bertz CT molecular complexity index is 1580. The predicted octanol–water partition coefficient (Wildman–Crippen LogP) is 3.74. The third-order valence-electron chi connectivity index (χ3n) is 6.57. The van der Waals surface area contributed by atoms with Crippen molar-refractivity contribution in [1.82, 2.24) is 15.2 Å². The number of carbonyl (C=O) groups is 2. The van der Waals surface area contributed by atoms with Gasteiger partial charge in [0.05, 0.1) is 18.0 Å². The first-order valence-corrected chi connectivity index (χ1v) is 14.7. The molecule has 0 aliphatic heterocycles. The van der Waals surface area contributed by atoms with E-state index >= 15 is 0 Å². The van der Waals surface area contributed by atoms with E-state index in [0.29, 0.717) is 24.5 Å². The zero-order valence-electron chi connectivity index (χ0n) is 22.7. The highest BCUT2D eigenvalue weighted by atomic mass is 32.2. The van der Waals surface area contributed by atoms with E-state index < -0.39 is 15.9 Å². The van der Waals surface area contributed by atoms with Crippen molar-refractivity contribution >= 4 is 32.6 Å². The van der Waals surface area contributed by atoms with Crippen molar-refractivity contribution in [2.75, 3.05) is 26.5 Å². The average Bonchev–Trinajstić information content (AvgIpc) is 3.34. The van der Waals surface area contributed by atoms with Crippen LogP contribution in [0, 0.1) is 0 Å². The lowest BCUT2D eigenvalue weighted by Crippen LogP contribution is -2.47. The largest absolute Gasteiger partial charge is 0.496 e. The van der Waals surface area contributed by atoms with E-state index in [1.165, 1.54) is 31.2 Å². The Morgan fingerprint density at radius 1 is 0.975 bits per heavy atom. The number of hydrogen-bond donors (Lipinski definition) is 2. The second-order valence-corrected chi connectivity index (χ2v) is 11.6. The Balaban J connectivity index is 1.50. The summed E-state index contributed by atoms with van der Waals surface area (Å²) >= 11 is 0. The number of carbonyl (C=O) groups excluding carboxylic acids is 2. The molecule has 10 heteroatoms. The van der Waals surface area contributed by atoms with E-state index in [2.05, 4.69) is 10.3 Å². The summed E-state index contributed by atoms with van der Waals surface area (Å²) in [6, 6.07) is 20.9.